The molecule has 6 unspecified atom stereocenters. The minimum absolute atomic E-state index is 0.0347. The summed E-state index contributed by atoms with van der Waals surface area (Å²) in [5.74, 6) is -8.24. The highest BCUT2D eigenvalue weighted by atomic mass is 35.5. The van der Waals surface area contributed by atoms with Gasteiger partial charge in [0.25, 0.3) is 0 Å². The topological polar surface area (TPSA) is 185 Å². The van der Waals surface area contributed by atoms with Gasteiger partial charge in [-0.25, -0.2) is 14.2 Å². The molecule has 2 saturated heterocycles. The number of amides is 4. The Hall–Kier alpha value is -5.70. The van der Waals surface area contributed by atoms with Gasteiger partial charge in [-0.2, -0.15) is 0 Å². The van der Waals surface area contributed by atoms with Gasteiger partial charge in [-0.15, -0.1) is 0 Å². The van der Waals surface area contributed by atoms with Crippen LogP contribution in [-0.4, -0.2) is 52.7 Å². The highest BCUT2D eigenvalue weighted by Gasteiger charge is 2.67. The zero-order valence-electron chi connectivity index (χ0n) is 27.3. The van der Waals surface area contributed by atoms with Gasteiger partial charge >= 0.3 is 11.4 Å². The number of fused-ring (bicyclic) bond motifs is 4. The molecule has 4 amide bonds. The second-order valence-electron chi connectivity index (χ2n) is 13.6. The second kappa shape index (κ2) is 11.7. The average molecular weight is 718 g/mol. The molecule has 3 aromatic rings. The molecule has 262 valence electrons. The normalized spacial score (nSPS) is 26.8. The predicted molar refractivity (Wildman–Crippen MR) is 181 cm³/mol. The maximum Gasteiger partial charge on any atom is 0.301 e. The zero-order valence-corrected chi connectivity index (χ0v) is 28.0. The molecule has 2 aliphatic heterocycles. The van der Waals surface area contributed by atoms with Crippen LogP contribution < -0.4 is 14.7 Å². The summed E-state index contributed by atoms with van der Waals surface area (Å²) >= 11 is 6.04. The van der Waals surface area contributed by atoms with E-state index in [2.05, 4.69) is 0 Å². The number of benzene rings is 3. The minimum Gasteiger partial charge on any atom is -0.508 e. The molecule has 51 heavy (non-hydrogen) atoms. The lowest BCUT2D eigenvalue weighted by Gasteiger charge is -2.49. The summed E-state index contributed by atoms with van der Waals surface area (Å²) in [6.45, 7) is 1.64. The van der Waals surface area contributed by atoms with Crippen LogP contribution in [0.15, 0.2) is 66.2 Å². The second-order valence-corrected chi connectivity index (χ2v) is 14.0. The Morgan fingerprint density at radius 1 is 0.902 bits per heavy atom. The number of phenols is 1. The van der Waals surface area contributed by atoms with Crippen LogP contribution in [0.1, 0.15) is 31.2 Å². The Morgan fingerprint density at radius 3 is 2.16 bits per heavy atom. The van der Waals surface area contributed by atoms with Crippen molar-refractivity contribution in [2.45, 2.75) is 25.7 Å². The number of carbonyl (C=O) groups is 4. The molecule has 0 radical (unpaired) electrons. The monoisotopic (exact) mass is 717 g/mol. The van der Waals surface area contributed by atoms with Gasteiger partial charge in [0.05, 0.1) is 49.4 Å². The number of halogens is 2. The molecule has 16 heteroatoms. The molecular weight excluding hydrogens is 689 g/mol. The van der Waals surface area contributed by atoms with Gasteiger partial charge in [-0.05, 0) is 61.6 Å². The average Bonchev–Trinajstić information content (AvgIpc) is 3.44. The Balaban J connectivity index is 1.36. The molecule has 2 aliphatic carbocycles. The van der Waals surface area contributed by atoms with Crippen molar-refractivity contribution in [2.75, 3.05) is 28.8 Å². The standard InChI is InChI=1S/C35H29ClFN5O9/c1-35-23(32(45)40(34(35)47)17-7-10-25(37)24(36)12-17)15-22-20(29(35)16-5-4-6-19(43)11-16)8-9-21-28(22)33(46)39(31(21)44)18-13-26(41(48)49)30(38(2)3)27(14-18)42(50)51/h4-8,10-14,21-23,28-29,43H,9,15H2,1-3H3. The molecule has 2 heterocycles. The van der Waals surface area contributed by atoms with Crippen LogP contribution in [0, 0.1) is 55.1 Å². The zero-order chi connectivity index (χ0) is 36.8. The van der Waals surface area contributed by atoms with Crippen molar-refractivity contribution in [2.24, 2.45) is 29.1 Å². The van der Waals surface area contributed by atoms with E-state index in [-0.39, 0.29) is 40.7 Å². The van der Waals surface area contributed by atoms with E-state index in [9.17, 15) is 48.9 Å². The Bertz CT molecular complexity index is 2120. The first-order valence-corrected chi connectivity index (χ1v) is 16.3. The Labute approximate surface area is 294 Å². The lowest BCUT2D eigenvalue weighted by molar-refractivity contribution is -0.392. The number of hydrogen-bond donors (Lipinski definition) is 1. The van der Waals surface area contributed by atoms with Gasteiger partial charge in [0, 0.05) is 32.1 Å². The predicted octanol–water partition coefficient (Wildman–Crippen LogP) is 5.50. The molecule has 4 aliphatic rings. The third-order valence-electron chi connectivity index (χ3n) is 10.8. The van der Waals surface area contributed by atoms with Crippen LogP contribution in [0.3, 0.4) is 0 Å². The number of nitro benzene ring substituents is 2. The minimum atomic E-state index is -1.45. The summed E-state index contributed by atoms with van der Waals surface area (Å²) in [5.41, 5.74) is -2.30. The van der Waals surface area contributed by atoms with E-state index in [0.29, 0.717) is 11.1 Å². The summed E-state index contributed by atoms with van der Waals surface area (Å²) in [7, 11) is 2.78. The van der Waals surface area contributed by atoms with Crippen molar-refractivity contribution in [3.63, 3.8) is 0 Å². The third kappa shape index (κ3) is 4.82. The fourth-order valence-electron chi connectivity index (χ4n) is 8.68. The van der Waals surface area contributed by atoms with Crippen LogP contribution in [-0.2, 0) is 19.2 Å². The van der Waals surface area contributed by atoms with Crippen molar-refractivity contribution in [3.8, 4) is 5.75 Å². The number of hydrogen-bond acceptors (Lipinski definition) is 10. The number of allylic oxidation sites excluding steroid dienone is 2. The molecule has 7 rings (SSSR count). The lowest BCUT2D eigenvalue weighted by atomic mass is 9.51. The number of nitro groups is 2. The van der Waals surface area contributed by atoms with Crippen LogP contribution in [0.5, 0.6) is 5.75 Å². The SMILES string of the molecule is CN(C)c1c([N+](=O)[O-])cc(N2C(=O)C3CC=C4C(CC5C(=O)N(c6ccc(F)c(Cl)c6)C(=O)C5(C)C4c4cccc(O)c4)C3C2=O)cc1[N+](=O)[O-]. The number of imide groups is 2. The van der Waals surface area contributed by atoms with Crippen LogP contribution >= 0.6 is 11.6 Å². The Morgan fingerprint density at radius 2 is 1.57 bits per heavy atom. The van der Waals surface area contributed by atoms with Crippen LogP contribution in [0.2, 0.25) is 5.02 Å². The summed E-state index contributed by atoms with van der Waals surface area (Å²) in [6, 6.07) is 11.6. The number of aromatic hydroxyl groups is 1. The summed E-state index contributed by atoms with van der Waals surface area (Å²) in [5, 5.41) is 34.3. The summed E-state index contributed by atoms with van der Waals surface area (Å²) < 4.78 is 14.1. The highest BCUT2D eigenvalue weighted by Crippen LogP contribution is 2.64. The highest BCUT2D eigenvalue weighted by molar-refractivity contribution is 6.32. The lowest BCUT2D eigenvalue weighted by Crippen LogP contribution is -2.48. The van der Waals surface area contributed by atoms with Crippen molar-refractivity contribution >= 4 is 63.7 Å². The molecule has 3 aromatic carbocycles. The Kier molecular flexibility index (Phi) is 7.74. The van der Waals surface area contributed by atoms with Crippen LogP contribution in [0.25, 0.3) is 0 Å². The molecule has 1 saturated carbocycles. The van der Waals surface area contributed by atoms with Crippen LogP contribution in [0.4, 0.5) is 32.8 Å². The van der Waals surface area contributed by atoms with E-state index >= 15 is 0 Å². The molecule has 6 atom stereocenters. The first-order valence-electron chi connectivity index (χ1n) is 15.9. The smallest absolute Gasteiger partial charge is 0.301 e. The van der Waals surface area contributed by atoms with Gasteiger partial charge in [-0.3, -0.25) is 39.4 Å². The first kappa shape index (κ1) is 33.8. The molecule has 0 aromatic heterocycles. The number of rotatable bonds is 6. The number of phenolic OH excluding ortho intramolecular Hbond substituents is 1. The van der Waals surface area contributed by atoms with Gasteiger partial charge in [0.2, 0.25) is 23.6 Å². The van der Waals surface area contributed by atoms with E-state index < -0.39 is 85.7 Å². The summed E-state index contributed by atoms with van der Waals surface area (Å²) in [4.78, 5) is 82.6. The van der Waals surface area contributed by atoms with E-state index in [1.165, 1.54) is 43.3 Å². The fraction of sp³-hybridized carbons (Fsp3) is 0.314. The van der Waals surface area contributed by atoms with Crippen molar-refractivity contribution in [1.82, 2.24) is 0 Å². The quantitative estimate of drug-likeness (QED) is 0.148. The summed E-state index contributed by atoms with van der Waals surface area (Å²) in [6.07, 6.45) is 1.76. The maximum absolute atomic E-state index is 14.5. The first-order chi connectivity index (χ1) is 24.1. The van der Waals surface area contributed by atoms with Gasteiger partial charge in [0.1, 0.15) is 11.6 Å². The molecule has 1 N–H and O–H groups in total. The number of nitrogens with zero attached hydrogens (tertiary/aromatic N) is 5. The van der Waals surface area contributed by atoms with Gasteiger partial charge in [-0.1, -0.05) is 35.4 Å². The van der Waals surface area contributed by atoms with Gasteiger partial charge in [0.15, 0.2) is 5.69 Å². The molecule has 0 bridgehead atoms. The van der Waals surface area contributed by atoms with E-state index in [1.54, 1.807) is 25.1 Å². The van der Waals surface area contributed by atoms with E-state index in [4.69, 9.17) is 11.6 Å². The van der Waals surface area contributed by atoms with E-state index in [0.717, 1.165) is 28.0 Å². The largest absolute Gasteiger partial charge is 0.508 e. The molecule has 0 spiro atoms. The third-order valence-corrected chi connectivity index (χ3v) is 11.1. The van der Waals surface area contributed by atoms with Crippen molar-refractivity contribution in [1.29, 1.82) is 0 Å². The number of anilines is 3. The van der Waals surface area contributed by atoms with Gasteiger partial charge < -0.3 is 10.0 Å². The molecule has 14 nitrogen and oxygen atoms in total. The molecule has 3 fully saturated rings. The fourth-order valence-corrected chi connectivity index (χ4v) is 8.85. The molecular formula is C35H29ClFN5O9. The number of carbonyl (C=O) groups excluding carboxylic acids is 4. The van der Waals surface area contributed by atoms with E-state index in [1.807, 2.05) is 0 Å². The maximum atomic E-state index is 14.5. The van der Waals surface area contributed by atoms with Crippen molar-refractivity contribution < 1.29 is 38.5 Å². The van der Waals surface area contributed by atoms with Crippen molar-refractivity contribution in [3.05, 3.63) is 103 Å².